The number of anilines is 1. The van der Waals surface area contributed by atoms with Crippen LogP contribution in [-0.2, 0) is 0 Å². The van der Waals surface area contributed by atoms with E-state index in [1.165, 1.54) is 13.2 Å². The van der Waals surface area contributed by atoms with Crippen molar-refractivity contribution in [1.82, 2.24) is 0 Å². The Morgan fingerprint density at radius 3 is 2.35 bits per heavy atom. The Labute approximate surface area is 195 Å². The van der Waals surface area contributed by atoms with E-state index in [1.54, 1.807) is 31.4 Å². The van der Waals surface area contributed by atoms with Gasteiger partial charge in [0.1, 0.15) is 11.3 Å². The average Bonchev–Trinajstić information content (AvgIpc) is 2.87. The second-order valence-electron chi connectivity index (χ2n) is 7.79. The Hall–Kier alpha value is -4.58. The first kappa shape index (κ1) is 21.3. The number of hydrogen-bond acceptors (Lipinski definition) is 5. The van der Waals surface area contributed by atoms with Gasteiger partial charge in [-0.15, -0.1) is 0 Å². The summed E-state index contributed by atoms with van der Waals surface area (Å²) in [6.07, 6.45) is 0. The number of amides is 1. The molecule has 0 atom stereocenters. The highest BCUT2D eigenvalue weighted by Gasteiger charge is 2.16. The van der Waals surface area contributed by atoms with Crippen molar-refractivity contribution < 1.29 is 18.7 Å². The van der Waals surface area contributed by atoms with Gasteiger partial charge in [-0.1, -0.05) is 42.5 Å². The van der Waals surface area contributed by atoms with E-state index in [0.29, 0.717) is 22.4 Å². The molecule has 1 aromatic heterocycles. The Balaban J connectivity index is 1.44. The average molecular weight is 451 g/mol. The monoisotopic (exact) mass is 451 g/mol. The summed E-state index contributed by atoms with van der Waals surface area (Å²) in [5, 5.41) is 5.57. The van der Waals surface area contributed by atoms with Gasteiger partial charge in [0.05, 0.1) is 14.2 Å². The van der Waals surface area contributed by atoms with E-state index >= 15 is 0 Å². The predicted molar refractivity (Wildman–Crippen MR) is 133 cm³/mol. The van der Waals surface area contributed by atoms with E-state index in [1.807, 2.05) is 48.5 Å². The summed E-state index contributed by atoms with van der Waals surface area (Å²) in [6.45, 7) is 0. The molecule has 0 radical (unpaired) electrons. The normalized spacial score (nSPS) is 10.9. The Kier molecular flexibility index (Phi) is 5.47. The molecule has 0 unspecified atom stereocenters. The fraction of sp³-hybridized carbons (Fsp3) is 0.0714. The lowest BCUT2D eigenvalue weighted by atomic mass is 10.0. The van der Waals surface area contributed by atoms with E-state index < -0.39 is 11.5 Å². The highest BCUT2D eigenvalue weighted by Crippen LogP contribution is 2.29. The van der Waals surface area contributed by atoms with Crippen molar-refractivity contribution in [2.24, 2.45) is 0 Å². The van der Waals surface area contributed by atoms with Gasteiger partial charge in [-0.05, 0) is 64.4 Å². The maximum atomic E-state index is 12.9. The first-order valence-electron chi connectivity index (χ1n) is 10.7. The molecule has 0 fully saturated rings. The first-order valence-corrected chi connectivity index (χ1v) is 10.7. The van der Waals surface area contributed by atoms with Gasteiger partial charge in [0.25, 0.3) is 5.91 Å². The van der Waals surface area contributed by atoms with Crippen LogP contribution in [0.3, 0.4) is 0 Å². The third kappa shape index (κ3) is 3.97. The van der Waals surface area contributed by atoms with Crippen LogP contribution >= 0.6 is 0 Å². The van der Waals surface area contributed by atoms with Gasteiger partial charge in [0.15, 0.2) is 11.3 Å². The topological polar surface area (TPSA) is 77.8 Å². The van der Waals surface area contributed by atoms with Crippen molar-refractivity contribution in [3.8, 4) is 22.6 Å². The van der Waals surface area contributed by atoms with Gasteiger partial charge >= 0.3 is 5.63 Å². The largest absolute Gasteiger partial charge is 0.497 e. The Bertz CT molecular complexity index is 1600. The molecule has 0 spiro atoms. The van der Waals surface area contributed by atoms with E-state index in [0.717, 1.165) is 27.6 Å². The minimum absolute atomic E-state index is 0.0780. The van der Waals surface area contributed by atoms with Crippen LogP contribution in [0, 0.1) is 0 Å². The van der Waals surface area contributed by atoms with Crippen LogP contribution in [0.15, 0.2) is 94.1 Å². The Morgan fingerprint density at radius 2 is 1.53 bits per heavy atom. The summed E-state index contributed by atoms with van der Waals surface area (Å²) in [4.78, 5) is 25.4. The molecule has 1 N–H and O–H groups in total. The number of nitrogens with one attached hydrogen (secondary N) is 1. The molecule has 0 aliphatic carbocycles. The maximum Gasteiger partial charge on any atom is 0.349 e. The molecular weight excluding hydrogens is 430 g/mol. The standard InChI is InChI=1S/C28H21NO5/c1-32-23-12-11-19-13-18(9-10-20(19)15-23)17-5-3-7-22(14-17)29-27(30)24-16-21-6-4-8-25(33-2)26(21)34-28(24)31/h3-16H,1-2H3,(H,29,30). The van der Waals surface area contributed by atoms with Crippen molar-refractivity contribution >= 4 is 33.3 Å². The SMILES string of the molecule is COc1ccc2cc(-c3cccc(NC(=O)c4cc5cccc(OC)c5oc4=O)c3)ccc2c1. The zero-order chi connectivity index (χ0) is 23.7. The molecule has 168 valence electrons. The Morgan fingerprint density at radius 1 is 0.765 bits per heavy atom. The highest BCUT2D eigenvalue weighted by atomic mass is 16.5. The molecule has 0 aliphatic heterocycles. The van der Waals surface area contributed by atoms with Crippen LogP contribution in [0.2, 0.25) is 0 Å². The van der Waals surface area contributed by atoms with Crippen molar-refractivity contribution in [3.05, 3.63) is 101 Å². The quantitative estimate of drug-likeness (QED) is 0.338. The fourth-order valence-electron chi connectivity index (χ4n) is 3.94. The second-order valence-corrected chi connectivity index (χ2v) is 7.79. The van der Waals surface area contributed by atoms with Gasteiger partial charge in [0, 0.05) is 11.1 Å². The number of para-hydroxylation sites is 1. The molecule has 34 heavy (non-hydrogen) atoms. The molecule has 0 saturated carbocycles. The molecule has 4 aromatic carbocycles. The molecule has 1 amide bonds. The second kappa shape index (κ2) is 8.75. The predicted octanol–water partition coefficient (Wildman–Crippen LogP) is 5.88. The summed E-state index contributed by atoms with van der Waals surface area (Å²) < 4.78 is 15.9. The number of ether oxygens (including phenoxy) is 2. The molecule has 6 nitrogen and oxygen atoms in total. The van der Waals surface area contributed by atoms with Gasteiger partial charge in [-0.2, -0.15) is 0 Å². The smallest absolute Gasteiger partial charge is 0.349 e. The summed E-state index contributed by atoms with van der Waals surface area (Å²) in [5.41, 5.74) is 2.02. The molecule has 0 bridgehead atoms. The molecule has 0 aliphatic rings. The van der Waals surface area contributed by atoms with Gasteiger partial charge < -0.3 is 19.2 Å². The van der Waals surface area contributed by atoms with Crippen LogP contribution in [0.25, 0.3) is 32.9 Å². The number of benzene rings is 4. The summed E-state index contributed by atoms with van der Waals surface area (Å²) in [7, 11) is 3.14. The number of rotatable bonds is 5. The molecule has 6 heteroatoms. The molecule has 5 rings (SSSR count). The van der Waals surface area contributed by atoms with Gasteiger partial charge in [-0.3, -0.25) is 4.79 Å². The van der Waals surface area contributed by atoms with Crippen LogP contribution in [0.4, 0.5) is 5.69 Å². The van der Waals surface area contributed by atoms with Crippen molar-refractivity contribution in [1.29, 1.82) is 0 Å². The van der Waals surface area contributed by atoms with Crippen LogP contribution in [0.1, 0.15) is 10.4 Å². The van der Waals surface area contributed by atoms with E-state index in [9.17, 15) is 9.59 Å². The molecular formula is C28H21NO5. The van der Waals surface area contributed by atoms with Gasteiger partial charge in [0.2, 0.25) is 0 Å². The van der Waals surface area contributed by atoms with Crippen molar-refractivity contribution in [2.75, 3.05) is 19.5 Å². The summed E-state index contributed by atoms with van der Waals surface area (Å²) >= 11 is 0. The van der Waals surface area contributed by atoms with Crippen molar-refractivity contribution in [2.45, 2.75) is 0 Å². The lowest BCUT2D eigenvalue weighted by Gasteiger charge is -2.10. The van der Waals surface area contributed by atoms with Gasteiger partial charge in [-0.25, -0.2) is 4.79 Å². The lowest BCUT2D eigenvalue weighted by molar-refractivity contribution is 0.102. The fourth-order valence-corrected chi connectivity index (χ4v) is 3.94. The van der Waals surface area contributed by atoms with E-state index in [4.69, 9.17) is 13.9 Å². The van der Waals surface area contributed by atoms with Crippen molar-refractivity contribution in [3.63, 3.8) is 0 Å². The number of hydrogen-bond donors (Lipinski definition) is 1. The zero-order valence-electron chi connectivity index (χ0n) is 18.6. The minimum Gasteiger partial charge on any atom is -0.497 e. The number of carbonyl (C=O) groups excluding carboxylic acids is 1. The van der Waals surface area contributed by atoms with Crippen LogP contribution in [0.5, 0.6) is 11.5 Å². The highest BCUT2D eigenvalue weighted by molar-refractivity contribution is 6.06. The zero-order valence-corrected chi connectivity index (χ0v) is 18.6. The summed E-state index contributed by atoms with van der Waals surface area (Å²) in [5.74, 6) is 0.700. The molecule has 1 heterocycles. The molecule has 5 aromatic rings. The van der Waals surface area contributed by atoms with E-state index in [2.05, 4.69) is 11.4 Å². The first-order chi connectivity index (χ1) is 16.6. The minimum atomic E-state index is -0.726. The third-order valence-corrected chi connectivity index (χ3v) is 5.69. The molecule has 0 saturated heterocycles. The number of carbonyl (C=O) groups is 1. The summed E-state index contributed by atoms with van der Waals surface area (Å²) in [6, 6.07) is 26.3. The number of methoxy groups -OCH3 is 2. The van der Waals surface area contributed by atoms with Crippen LogP contribution < -0.4 is 20.4 Å². The number of fused-ring (bicyclic) bond motifs is 2. The van der Waals surface area contributed by atoms with E-state index in [-0.39, 0.29) is 5.56 Å². The maximum absolute atomic E-state index is 12.9. The van der Waals surface area contributed by atoms with Crippen LogP contribution in [-0.4, -0.2) is 20.1 Å². The third-order valence-electron chi connectivity index (χ3n) is 5.69. The lowest BCUT2D eigenvalue weighted by Crippen LogP contribution is -2.20.